The minimum atomic E-state index is 0.0869. The molecule has 0 atom stereocenters. The standard InChI is InChI=1S/C13H18N4O/c1-9-5-4-6-10-12(9)15-13(14)17(10)8-7-11(18)16(2)3/h4-6H,7-8H2,1-3H3,(H2,14,15). The lowest BCUT2D eigenvalue weighted by Crippen LogP contribution is -2.23. The van der Waals surface area contributed by atoms with Crippen molar-refractivity contribution in [2.24, 2.45) is 0 Å². The Morgan fingerprint density at radius 3 is 2.83 bits per heavy atom. The average molecular weight is 246 g/mol. The highest BCUT2D eigenvalue weighted by Crippen LogP contribution is 2.21. The van der Waals surface area contributed by atoms with Gasteiger partial charge in [0.25, 0.3) is 0 Å². The number of amides is 1. The molecule has 0 saturated carbocycles. The number of fused-ring (bicyclic) bond motifs is 1. The minimum Gasteiger partial charge on any atom is -0.369 e. The number of para-hydroxylation sites is 1. The zero-order chi connectivity index (χ0) is 13.3. The first-order chi connectivity index (χ1) is 8.50. The van der Waals surface area contributed by atoms with Crippen LogP contribution in [0.3, 0.4) is 0 Å². The van der Waals surface area contributed by atoms with E-state index in [0.717, 1.165) is 16.6 Å². The number of aryl methyl sites for hydroxylation is 2. The number of aromatic nitrogens is 2. The first-order valence-corrected chi connectivity index (χ1v) is 5.92. The van der Waals surface area contributed by atoms with E-state index in [4.69, 9.17) is 5.73 Å². The van der Waals surface area contributed by atoms with Crippen LogP contribution in [0.4, 0.5) is 5.95 Å². The Morgan fingerprint density at radius 1 is 1.44 bits per heavy atom. The van der Waals surface area contributed by atoms with Gasteiger partial charge in [-0.15, -0.1) is 0 Å². The Labute approximate surface area is 106 Å². The van der Waals surface area contributed by atoms with Crippen LogP contribution in [-0.2, 0) is 11.3 Å². The van der Waals surface area contributed by atoms with Crippen LogP contribution in [0.5, 0.6) is 0 Å². The van der Waals surface area contributed by atoms with Crippen LogP contribution in [0.25, 0.3) is 11.0 Å². The normalized spacial score (nSPS) is 10.8. The molecule has 0 radical (unpaired) electrons. The van der Waals surface area contributed by atoms with E-state index in [9.17, 15) is 4.79 Å². The number of carbonyl (C=O) groups is 1. The summed E-state index contributed by atoms with van der Waals surface area (Å²) in [6, 6.07) is 5.96. The lowest BCUT2D eigenvalue weighted by atomic mass is 10.2. The third kappa shape index (κ3) is 2.16. The summed E-state index contributed by atoms with van der Waals surface area (Å²) < 4.78 is 1.89. The number of nitrogens with two attached hydrogens (primary N) is 1. The zero-order valence-corrected chi connectivity index (χ0v) is 11.0. The van der Waals surface area contributed by atoms with Crippen molar-refractivity contribution in [3.63, 3.8) is 0 Å². The van der Waals surface area contributed by atoms with E-state index in [2.05, 4.69) is 4.98 Å². The number of rotatable bonds is 3. The van der Waals surface area contributed by atoms with Gasteiger partial charge in [-0.25, -0.2) is 4.98 Å². The van der Waals surface area contributed by atoms with Gasteiger partial charge in [-0.05, 0) is 18.6 Å². The summed E-state index contributed by atoms with van der Waals surface area (Å²) >= 11 is 0. The van der Waals surface area contributed by atoms with Crippen LogP contribution in [0.1, 0.15) is 12.0 Å². The number of nitrogen functional groups attached to an aromatic ring is 1. The molecular weight excluding hydrogens is 228 g/mol. The van der Waals surface area contributed by atoms with Crippen LogP contribution in [0.2, 0.25) is 0 Å². The second-order valence-electron chi connectivity index (χ2n) is 4.60. The molecule has 1 aromatic carbocycles. The van der Waals surface area contributed by atoms with E-state index in [0.29, 0.717) is 18.9 Å². The number of carbonyl (C=O) groups excluding carboxylic acids is 1. The predicted octanol–water partition coefficient (Wildman–Crippen LogP) is 1.41. The summed E-state index contributed by atoms with van der Waals surface area (Å²) in [5.41, 5.74) is 8.90. The largest absolute Gasteiger partial charge is 0.369 e. The molecule has 0 unspecified atom stereocenters. The summed E-state index contributed by atoms with van der Waals surface area (Å²) in [7, 11) is 3.50. The van der Waals surface area contributed by atoms with E-state index in [1.54, 1.807) is 19.0 Å². The molecule has 0 saturated heterocycles. The third-order valence-corrected chi connectivity index (χ3v) is 3.06. The Kier molecular flexibility index (Phi) is 3.23. The van der Waals surface area contributed by atoms with Crippen molar-refractivity contribution in [1.82, 2.24) is 14.5 Å². The fraction of sp³-hybridized carbons (Fsp3) is 0.385. The molecular formula is C13H18N4O. The third-order valence-electron chi connectivity index (χ3n) is 3.06. The molecule has 0 fully saturated rings. The van der Waals surface area contributed by atoms with Gasteiger partial charge in [-0.1, -0.05) is 12.1 Å². The Hall–Kier alpha value is -2.04. The van der Waals surface area contributed by atoms with Gasteiger partial charge in [0, 0.05) is 27.1 Å². The van der Waals surface area contributed by atoms with Crippen molar-refractivity contribution >= 4 is 22.9 Å². The zero-order valence-electron chi connectivity index (χ0n) is 11.0. The lowest BCUT2D eigenvalue weighted by Gasteiger charge is -2.11. The fourth-order valence-electron chi connectivity index (χ4n) is 1.97. The van der Waals surface area contributed by atoms with Crippen LogP contribution in [0, 0.1) is 6.92 Å². The molecule has 96 valence electrons. The molecule has 18 heavy (non-hydrogen) atoms. The Balaban J connectivity index is 2.31. The van der Waals surface area contributed by atoms with Crippen LogP contribution >= 0.6 is 0 Å². The van der Waals surface area contributed by atoms with E-state index < -0.39 is 0 Å². The summed E-state index contributed by atoms with van der Waals surface area (Å²) in [5, 5.41) is 0. The highest BCUT2D eigenvalue weighted by molar-refractivity contribution is 5.82. The van der Waals surface area contributed by atoms with Gasteiger partial charge >= 0.3 is 0 Å². The first kappa shape index (κ1) is 12.4. The van der Waals surface area contributed by atoms with E-state index in [1.165, 1.54) is 0 Å². The maximum absolute atomic E-state index is 11.6. The van der Waals surface area contributed by atoms with Gasteiger partial charge < -0.3 is 15.2 Å². The molecule has 2 rings (SSSR count). The molecule has 1 amide bonds. The van der Waals surface area contributed by atoms with Crippen molar-refractivity contribution in [2.45, 2.75) is 19.9 Å². The molecule has 0 spiro atoms. The number of nitrogens with zero attached hydrogens (tertiary/aromatic N) is 3. The summed E-state index contributed by atoms with van der Waals surface area (Å²) in [6.07, 6.45) is 0.427. The number of anilines is 1. The molecule has 0 aliphatic rings. The molecule has 2 N–H and O–H groups in total. The maximum Gasteiger partial charge on any atom is 0.223 e. The SMILES string of the molecule is Cc1cccc2c1nc(N)n2CCC(=O)N(C)C. The van der Waals surface area contributed by atoms with Gasteiger partial charge in [0.05, 0.1) is 11.0 Å². The van der Waals surface area contributed by atoms with E-state index in [-0.39, 0.29) is 5.91 Å². The number of imidazole rings is 1. The van der Waals surface area contributed by atoms with Gasteiger partial charge in [-0.2, -0.15) is 0 Å². The molecule has 5 nitrogen and oxygen atoms in total. The van der Waals surface area contributed by atoms with Crippen molar-refractivity contribution in [3.8, 4) is 0 Å². The summed E-state index contributed by atoms with van der Waals surface area (Å²) in [6.45, 7) is 2.56. The Morgan fingerprint density at radius 2 is 2.17 bits per heavy atom. The second-order valence-corrected chi connectivity index (χ2v) is 4.60. The van der Waals surface area contributed by atoms with Crippen LogP contribution in [0.15, 0.2) is 18.2 Å². The van der Waals surface area contributed by atoms with Gasteiger partial charge in [0.1, 0.15) is 0 Å². The first-order valence-electron chi connectivity index (χ1n) is 5.92. The molecule has 5 heteroatoms. The lowest BCUT2D eigenvalue weighted by molar-refractivity contribution is -0.128. The van der Waals surface area contributed by atoms with Gasteiger partial charge in [0.2, 0.25) is 11.9 Å². The monoisotopic (exact) mass is 246 g/mol. The molecule has 0 bridgehead atoms. The van der Waals surface area contributed by atoms with Gasteiger partial charge in [0.15, 0.2) is 0 Å². The topological polar surface area (TPSA) is 64.1 Å². The van der Waals surface area contributed by atoms with Crippen molar-refractivity contribution < 1.29 is 4.79 Å². The Bertz CT molecular complexity index is 586. The average Bonchev–Trinajstić information content (AvgIpc) is 2.64. The maximum atomic E-state index is 11.6. The number of benzene rings is 1. The molecule has 0 aliphatic heterocycles. The van der Waals surface area contributed by atoms with Crippen molar-refractivity contribution in [2.75, 3.05) is 19.8 Å². The van der Waals surface area contributed by atoms with Crippen molar-refractivity contribution in [1.29, 1.82) is 0 Å². The summed E-state index contributed by atoms with van der Waals surface area (Å²) in [5.74, 6) is 0.551. The fourth-order valence-corrected chi connectivity index (χ4v) is 1.97. The van der Waals surface area contributed by atoms with E-state index >= 15 is 0 Å². The molecule has 2 aromatic rings. The molecule has 1 aromatic heterocycles. The van der Waals surface area contributed by atoms with Gasteiger partial charge in [-0.3, -0.25) is 4.79 Å². The quantitative estimate of drug-likeness (QED) is 0.890. The number of hydrogen-bond donors (Lipinski definition) is 1. The van der Waals surface area contributed by atoms with Crippen LogP contribution < -0.4 is 5.73 Å². The minimum absolute atomic E-state index is 0.0869. The second kappa shape index (κ2) is 4.68. The molecule has 1 heterocycles. The highest BCUT2D eigenvalue weighted by atomic mass is 16.2. The van der Waals surface area contributed by atoms with Crippen LogP contribution in [-0.4, -0.2) is 34.5 Å². The predicted molar refractivity (Wildman–Crippen MR) is 72.2 cm³/mol. The summed E-state index contributed by atoms with van der Waals surface area (Å²) in [4.78, 5) is 17.5. The smallest absolute Gasteiger partial charge is 0.223 e. The number of hydrogen-bond acceptors (Lipinski definition) is 3. The van der Waals surface area contributed by atoms with E-state index in [1.807, 2.05) is 29.7 Å². The molecule has 0 aliphatic carbocycles. The highest BCUT2D eigenvalue weighted by Gasteiger charge is 2.11. The van der Waals surface area contributed by atoms with Crippen molar-refractivity contribution in [3.05, 3.63) is 23.8 Å².